The molecular weight excluding hydrogens is 1380 g/mol. The van der Waals surface area contributed by atoms with Crippen LogP contribution >= 0.6 is 0 Å². The zero-order valence-electron chi connectivity index (χ0n) is 75.1. The lowest BCUT2D eigenvalue weighted by Gasteiger charge is -2.14. The molecule has 4 aromatic carbocycles. The van der Waals surface area contributed by atoms with Gasteiger partial charge in [-0.3, -0.25) is 15.0 Å². The van der Waals surface area contributed by atoms with Gasteiger partial charge >= 0.3 is 0 Å². The van der Waals surface area contributed by atoms with Crippen molar-refractivity contribution in [2.75, 3.05) is 0 Å². The highest BCUT2D eigenvalue weighted by molar-refractivity contribution is 5.83. The van der Waals surface area contributed by atoms with Crippen molar-refractivity contribution < 1.29 is 0 Å². The fourth-order valence-electron chi connectivity index (χ4n) is 17.7. The lowest BCUT2D eigenvalue weighted by molar-refractivity contribution is 0.553. The minimum Gasteiger partial charge on any atom is -0.258 e. The maximum atomic E-state index is 5.42. The van der Waals surface area contributed by atoms with Crippen LogP contribution in [-0.2, 0) is 38.5 Å². The van der Waals surface area contributed by atoms with Crippen LogP contribution in [-0.4, -0.2) is 15.0 Å². The Morgan fingerprint density at radius 1 is 0.123 bits per heavy atom. The monoisotopic (exact) mass is 1550 g/mol. The van der Waals surface area contributed by atoms with Gasteiger partial charge in [0.05, 0.1) is 0 Å². The van der Waals surface area contributed by atoms with E-state index >= 15 is 0 Å². The molecule has 0 saturated heterocycles. The Kier molecular flexibility index (Phi) is 53.1. The summed E-state index contributed by atoms with van der Waals surface area (Å²) >= 11 is 0. The summed E-state index contributed by atoms with van der Waals surface area (Å²) in [6.45, 7) is 13.9. The number of unbranched alkanes of at least 4 members (excludes halogenated alkanes) is 54. The second-order valence-corrected chi connectivity index (χ2v) is 35.6. The Hall–Kier alpha value is -5.67. The van der Waals surface area contributed by atoms with E-state index in [0.29, 0.717) is 0 Å². The largest absolute Gasteiger partial charge is 0.258 e. The van der Waals surface area contributed by atoms with Gasteiger partial charge in [0.2, 0.25) is 0 Å². The molecule has 7 aromatic rings. The summed E-state index contributed by atoms with van der Waals surface area (Å²) in [5, 5.41) is 0. The number of aryl methyl sites for hydroxylation is 6. The minimum absolute atomic E-state index is 1.07. The summed E-state index contributed by atoms with van der Waals surface area (Å²) in [6.07, 6.45) is 87.8. The zero-order valence-corrected chi connectivity index (χ0v) is 75.1. The van der Waals surface area contributed by atoms with E-state index in [0.717, 1.165) is 38.5 Å². The molecule has 0 unspecified atom stereocenters. The molecule has 3 nitrogen and oxygen atoms in total. The third-order valence-corrected chi connectivity index (χ3v) is 25.1. The number of aromatic nitrogens is 3. The zero-order chi connectivity index (χ0) is 80.0. The van der Waals surface area contributed by atoms with E-state index in [-0.39, 0.29) is 0 Å². The number of rotatable bonds is 72. The van der Waals surface area contributed by atoms with Crippen molar-refractivity contribution in [2.24, 2.45) is 0 Å². The quantitative estimate of drug-likeness (QED) is 0.0357. The molecule has 0 spiro atoms. The highest BCUT2D eigenvalue weighted by Crippen LogP contribution is 2.37. The molecule has 0 aliphatic carbocycles. The lowest BCUT2D eigenvalue weighted by Crippen LogP contribution is -1.99. The highest BCUT2D eigenvalue weighted by atomic mass is 14.7. The molecule has 0 atom stereocenters. The van der Waals surface area contributed by atoms with Crippen LogP contribution in [0.1, 0.15) is 461 Å². The molecule has 3 heterocycles. The van der Waals surface area contributed by atoms with E-state index in [1.807, 2.05) is 0 Å². The van der Waals surface area contributed by atoms with Gasteiger partial charge in [-0.15, -0.1) is 0 Å². The Morgan fingerprint density at radius 3 is 0.351 bits per heavy atom. The average Bonchev–Trinajstić information content (AvgIpc) is 0.792. The van der Waals surface area contributed by atoms with Crippen molar-refractivity contribution >= 4 is 0 Å². The van der Waals surface area contributed by atoms with E-state index in [4.69, 9.17) is 15.0 Å². The standard InChI is InChI=1S/C111H171N3/c1-7-13-19-25-31-37-43-49-55-61-67-106-88-103(89-107(112-106)68-62-56-50-44-38-32-26-20-14-8-2)97-79-73-94(74-80-97)100-85-101(95-75-81-98(82-76-95)104-90-108(69-63-57-51-45-39-33-27-21-15-9-3)113-109(91-104)70-64-58-52-46-40-34-28-22-16-10-4)87-102(86-100)96-77-83-99(84-78-96)105-92-110(71-65-59-53-47-41-35-29-23-17-11-5)114-111(93-105)72-66-60-54-48-42-36-30-24-18-12-6/h73-93H,7-72H2,1-6H3. The Labute approximate surface area is 704 Å². The molecule has 0 bridgehead atoms. The number of benzene rings is 4. The van der Waals surface area contributed by atoms with Crippen molar-refractivity contribution in [1.29, 1.82) is 0 Å². The molecule has 0 amide bonds. The van der Waals surface area contributed by atoms with Gasteiger partial charge in [0.25, 0.3) is 0 Å². The Bertz CT molecular complexity index is 2960. The molecular formula is C111H171N3. The van der Waals surface area contributed by atoms with Gasteiger partial charge < -0.3 is 0 Å². The van der Waals surface area contributed by atoms with Gasteiger partial charge in [-0.05, 0) is 198 Å². The van der Waals surface area contributed by atoms with Gasteiger partial charge in [0.1, 0.15) is 0 Å². The summed E-state index contributed by atoms with van der Waals surface area (Å²) in [5.41, 5.74) is 23.1. The van der Waals surface area contributed by atoms with Crippen molar-refractivity contribution in [3.8, 4) is 66.8 Å². The molecule has 0 fully saturated rings. The Morgan fingerprint density at radius 2 is 0.228 bits per heavy atom. The van der Waals surface area contributed by atoms with Gasteiger partial charge in [-0.1, -0.05) is 461 Å². The normalized spacial score (nSPS) is 11.6. The maximum absolute atomic E-state index is 5.42. The smallest absolute Gasteiger partial charge is 0.0413 e. The van der Waals surface area contributed by atoms with Crippen LogP contribution < -0.4 is 0 Å². The molecule has 0 radical (unpaired) electrons. The molecule has 0 aliphatic rings. The first-order valence-electron chi connectivity index (χ1n) is 49.9. The fourth-order valence-corrected chi connectivity index (χ4v) is 17.7. The third kappa shape index (κ3) is 41.6. The highest BCUT2D eigenvalue weighted by Gasteiger charge is 2.15. The number of hydrogen-bond acceptors (Lipinski definition) is 3. The lowest BCUT2D eigenvalue weighted by atomic mass is 9.91. The summed E-state index contributed by atoms with van der Waals surface area (Å²) in [5.74, 6) is 0. The van der Waals surface area contributed by atoms with Crippen molar-refractivity contribution in [1.82, 2.24) is 15.0 Å². The average molecular weight is 1550 g/mol. The van der Waals surface area contributed by atoms with Crippen LogP contribution in [0.2, 0.25) is 0 Å². The summed E-state index contributed by atoms with van der Waals surface area (Å²) in [7, 11) is 0. The SMILES string of the molecule is CCCCCCCCCCCCc1cc(-c2ccc(-c3cc(-c4ccc(-c5cc(CCCCCCCCCCCC)nc(CCCCCCCCCCCC)c5)cc4)cc(-c4ccc(-c5cc(CCCCCCCCCCCC)nc(CCCCCCCCCCCC)c5)cc4)c3)cc2)cc(CCCCCCCCCCCC)n1. The van der Waals surface area contributed by atoms with E-state index in [1.54, 1.807) is 0 Å². The Balaban J connectivity index is 1.16. The predicted molar refractivity (Wildman–Crippen MR) is 506 cm³/mol. The first-order chi connectivity index (χ1) is 56.4. The van der Waals surface area contributed by atoms with E-state index in [1.165, 1.54) is 486 Å². The van der Waals surface area contributed by atoms with Gasteiger partial charge in [0.15, 0.2) is 0 Å². The molecule has 3 heteroatoms. The summed E-state index contributed by atoms with van der Waals surface area (Å²) in [6, 6.07) is 50.9. The first-order valence-corrected chi connectivity index (χ1v) is 49.9. The van der Waals surface area contributed by atoms with Crippen molar-refractivity contribution in [3.63, 3.8) is 0 Å². The summed E-state index contributed by atoms with van der Waals surface area (Å²) in [4.78, 5) is 16.3. The molecule has 7 rings (SSSR count). The fraction of sp³-hybridized carbons (Fsp3) is 0.649. The van der Waals surface area contributed by atoms with E-state index in [2.05, 4.69) is 169 Å². The van der Waals surface area contributed by atoms with Crippen LogP contribution in [0, 0.1) is 0 Å². The van der Waals surface area contributed by atoms with Crippen LogP contribution in [0.15, 0.2) is 127 Å². The molecule has 3 aromatic heterocycles. The third-order valence-electron chi connectivity index (χ3n) is 25.1. The number of nitrogens with zero attached hydrogens (tertiary/aromatic N) is 3. The van der Waals surface area contributed by atoms with Gasteiger partial charge in [0, 0.05) is 34.2 Å². The van der Waals surface area contributed by atoms with Crippen molar-refractivity contribution in [3.05, 3.63) is 162 Å². The van der Waals surface area contributed by atoms with E-state index < -0.39 is 0 Å². The van der Waals surface area contributed by atoms with Gasteiger partial charge in [-0.2, -0.15) is 0 Å². The number of hydrogen-bond donors (Lipinski definition) is 0. The molecule has 0 saturated carbocycles. The van der Waals surface area contributed by atoms with Gasteiger partial charge in [-0.25, -0.2) is 0 Å². The second kappa shape index (κ2) is 63.4. The molecule has 0 N–H and O–H groups in total. The van der Waals surface area contributed by atoms with E-state index in [9.17, 15) is 0 Å². The summed E-state index contributed by atoms with van der Waals surface area (Å²) < 4.78 is 0. The maximum Gasteiger partial charge on any atom is 0.0413 e. The number of pyridine rings is 3. The van der Waals surface area contributed by atoms with Crippen LogP contribution in [0.3, 0.4) is 0 Å². The molecule has 0 aliphatic heterocycles. The molecule has 114 heavy (non-hydrogen) atoms. The van der Waals surface area contributed by atoms with Crippen LogP contribution in [0.4, 0.5) is 0 Å². The topological polar surface area (TPSA) is 38.7 Å². The molecule has 630 valence electrons. The second-order valence-electron chi connectivity index (χ2n) is 35.6. The minimum atomic E-state index is 1.07. The first kappa shape index (κ1) is 95.5. The van der Waals surface area contributed by atoms with Crippen LogP contribution in [0.5, 0.6) is 0 Å². The predicted octanol–water partition coefficient (Wildman–Crippen LogP) is 36.7. The van der Waals surface area contributed by atoms with Crippen LogP contribution in [0.25, 0.3) is 66.8 Å². The van der Waals surface area contributed by atoms with Crippen molar-refractivity contribution in [2.45, 2.75) is 465 Å².